The standard InChI is InChI=1S/C30H30N4O3S2/c1-5-15-33-27(32-18-21-11-13-23(37-4)14-12-21)24(19(2)25(17-31)28(33)35)16-26-29(36)34(30(38)39-26)20(3)22-9-7-6-8-10-22/h6-14,16,20,32H,5,15,18H2,1-4H3/b26-16+. The molecule has 1 saturated heterocycles. The predicted octanol–water partition coefficient (Wildman–Crippen LogP) is 6.02. The monoisotopic (exact) mass is 558 g/mol. The number of nitrogens with one attached hydrogen (secondary N) is 1. The molecule has 0 spiro atoms. The van der Waals surface area contributed by atoms with Gasteiger partial charge in [-0.15, -0.1) is 0 Å². The lowest BCUT2D eigenvalue weighted by atomic mass is 10.0. The molecular weight excluding hydrogens is 528 g/mol. The Morgan fingerprint density at radius 1 is 1.15 bits per heavy atom. The van der Waals surface area contributed by atoms with Crippen molar-refractivity contribution in [2.75, 3.05) is 12.4 Å². The second-order valence-corrected chi connectivity index (χ2v) is 10.8. The van der Waals surface area contributed by atoms with Gasteiger partial charge in [-0.25, -0.2) is 0 Å². The highest BCUT2D eigenvalue weighted by atomic mass is 32.2. The minimum atomic E-state index is -0.350. The number of carbonyl (C=O) groups is 1. The summed E-state index contributed by atoms with van der Waals surface area (Å²) in [6.07, 6.45) is 2.45. The largest absolute Gasteiger partial charge is 0.497 e. The van der Waals surface area contributed by atoms with E-state index in [-0.39, 0.29) is 23.1 Å². The summed E-state index contributed by atoms with van der Waals surface area (Å²) in [5, 5.41) is 13.3. The van der Waals surface area contributed by atoms with Crippen molar-refractivity contribution in [2.24, 2.45) is 0 Å². The van der Waals surface area contributed by atoms with Crippen molar-refractivity contribution < 1.29 is 9.53 Å². The lowest BCUT2D eigenvalue weighted by Gasteiger charge is -2.23. The van der Waals surface area contributed by atoms with Gasteiger partial charge in [0.15, 0.2) is 0 Å². The van der Waals surface area contributed by atoms with Gasteiger partial charge >= 0.3 is 0 Å². The number of hydrogen-bond acceptors (Lipinski definition) is 7. The van der Waals surface area contributed by atoms with E-state index >= 15 is 0 Å². The zero-order chi connectivity index (χ0) is 28.1. The Bertz CT molecular complexity index is 1520. The summed E-state index contributed by atoms with van der Waals surface area (Å²) in [6.45, 7) is 6.53. The molecule has 1 amide bonds. The van der Waals surface area contributed by atoms with Crippen LogP contribution in [0, 0.1) is 18.3 Å². The van der Waals surface area contributed by atoms with E-state index in [4.69, 9.17) is 17.0 Å². The van der Waals surface area contributed by atoms with Gasteiger partial charge in [0.25, 0.3) is 11.5 Å². The zero-order valence-corrected chi connectivity index (χ0v) is 24.0. The van der Waals surface area contributed by atoms with Gasteiger partial charge in [-0.2, -0.15) is 5.26 Å². The van der Waals surface area contributed by atoms with Crippen LogP contribution in [0.15, 0.2) is 64.3 Å². The predicted molar refractivity (Wildman–Crippen MR) is 161 cm³/mol. The van der Waals surface area contributed by atoms with Crippen LogP contribution in [0.25, 0.3) is 6.08 Å². The van der Waals surface area contributed by atoms with Gasteiger partial charge in [0.2, 0.25) is 0 Å². The summed E-state index contributed by atoms with van der Waals surface area (Å²) in [6, 6.07) is 19.2. The molecule has 2 aromatic carbocycles. The van der Waals surface area contributed by atoms with Crippen molar-refractivity contribution in [3.05, 3.63) is 97.7 Å². The molecular formula is C30H30N4O3S2. The summed E-state index contributed by atoms with van der Waals surface area (Å²) in [4.78, 5) is 29.0. The molecule has 1 aliphatic heterocycles. The molecule has 1 aromatic heterocycles. The van der Waals surface area contributed by atoms with Gasteiger partial charge in [-0.3, -0.25) is 19.1 Å². The second-order valence-electron chi connectivity index (χ2n) is 9.17. The third-order valence-corrected chi connectivity index (χ3v) is 8.04. The maximum Gasteiger partial charge on any atom is 0.270 e. The van der Waals surface area contributed by atoms with Gasteiger partial charge < -0.3 is 10.1 Å². The molecule has 200 valence electrons. The average molecular weight is 559 g/mol. The van der Waals surface area contributed by atoms with E-state index in [0.717, 1.165) is 16.9 Å². The molecule has 7 nitrogen and oxygen atoms in total. The van der Waals surface area contributed by atoms with Crippen LogP contribution in [0.1, 0.15) is 54.1 Å². The Balaban J connectivity index is 1.78. The van der Waals surface area contributed by atoms with Crippen molar-refractivity contribution in [3.8, 4) is 11.8 Å². The number of nitrogens with zero attached hydrogens (tertiary/aromatic N) is 3. The van der Waals surface area contributed by atoms with Gasteiger partial charge in [-0.05, 0) is 55.2 Å². The number of methoxy groups -OCH3 is 1. The molecule has 1 atom stereocenters. The minimum Gasteiger partial charge on any atom is -0.497 e. The number of carbonyl (C=O) groups excluding carboxylic acids is 1. The normalized spacial score (nSPS) is 14.9. The molecule has 3 aromatic rings. The first-order chi connectivity index (χ1) is 18.8. The quantitative estimate of drug-likeness (QED) is 0.254. The number of nitriles is 1. The van der Waals surface area contributed by atoms with Crippen LogP contribution in [0.4, 0.5) is 5.82 Å². The summed E-state index contributed by atoms with van der Waals surface area (Å²) >= 11 is 6.85. The highest BCUT2D eigenvalue weighted by Gasteiger charge is 2.36. The molecule has 1 N–H and O–H groups in total. The number of rotatable bonds is 9. The molecule has 0 radical (unpaired) electrons. The number of aromatic nitrogens is 1. The van der Waals surface area contributed by atoms with E-state index in [1.165, 1.54) is 11.8 Å². The second kappa shape index (κ2) is 12.3. The van der Waals surface area contributed by atoms with Crippen LogP contribution < -0.4 is 15.6 Å². The fraction of sp³-hybridized carbons (Fsp3) is 0.267. The third kappa shape index (κ3) is 5.77. The molecule has 2 heterocycles. The van der Waals surface area contributed by atoms with Crippen molar-refractivity contribution in [1.29, 1.82) is 5.26 Å². The van der Waals surface area contributed by atoms with Crippen LogP contribution in [-0.4, -0.2) is 26.8 Å². The lowest BCUT2D eigenvalue weighted by molar-refractivity contribution is -0.123. The van der Waals surface area contributed by atoms with Crippen LogP contribution in [-0.2, 0) is 17.9 Å². The number of thiocarbonyl (C=S) groups is 1. The van der Waals surface area contributed by atoms with E-state index in [0.29, 0.717) is 45.7 Å². The maximum absolute atomic E-state index is 13.6. The first kappa shape index (κ1) is 28.1. The number of ether oxygens (including phenoxy) is 1. The Kier molecular flexibility index (Phi) is 8.90. The molecule has 0 saturated carbocycles. The summed E-state index contributed by atoms with van der Waals surface area (Å²) < 4.78 is 7.31. The van der Waals surface area contributed by atoms with E-state index in [2.05, 4.69) is 11.4 Å². The van der Waals surface area contributed by atoms with Gasteiger partial charge in [-0.1, -0.05) is 73.4 Å². The molecule has 0 aliphatic carbocycles. The van der Waals surface area contributed by atoms with Crippen LogP contribution in [0.2, 0.25) is 0 Å². The Morgan fingerprint density at radius 3 is 2.46 bits per heavy atom. The Labute approximate surface area is 238 Å². The minimum absolute atomic E-state index is 0.0674. The molecule has 1 aliphatic rings. The topological polar surface area (TPSA) is 87.4 Å². The SMILES string of the molecule is CCCn1c(NCc2ccc(OC)cc2)c(/C=C2/SC(=S)N(C(C)c3ccccc3)C2=O)c(C)c(C#N)c1=O. The summed E-state index contributed by atoms with van der Waals surface area (Å²) in [5.74, 6) is 1.12. The van der Waals surface area contributed by atoms with E-state index in [1.54, 1.807) is 29.6 Å². The smallest absolute Gasteiger partial charge is 0.270 e. The number of hydrogen-bond donors (Lipinski definition) is 1. The van der Waals surface area contributed by atoms with Gasteiger partial charge in [0.1, 0.15) is 27.5 Å². The molecule has 39 heavy (non-hydrogen) atoms. The average Bonchev–Trinajstić information content (AvgIpc) is 3.23. The molecule has 4 rings (SSSR count). The number of amides is 1. The number of thioether (sulfide) groups is 1. The van der Waals surface area contributed by atoms with Gasteiger partial charge in [0, 0.05) is 18.7 Å². The highest BCUT2D eigenvalue weighted by molar-refractivity contribution is 8.26. The molecule has 1 fully saturated rings. The number of benzene rings is 2. The van der Waals surface area contributed by atoms with Crippen molar-refractivity contribution in [3.63, 3.8) is 0 Å². The molecule has 0 bridgehead atoms. The van der Waals surface area contributed by atoms with E-state index in [9.17, 15) is 14.9 Å². The van der Waals surface area contributed by atoms with Gasteiger partial charge in [0.05, 0.1) is 18.1 Å². The third-order valence-electron chi connectivity index (χ3n) is 6.71. The molecule has 1 unspecified atom stereocenters. The van der Waals surface area contributed by atoms with Crippen molar-refractivity contribution in [1.82, 2.24) is 9.47 Å². The van der Waals surface area contributed by atoms with E-state index in [1.807, 2.05) is 68.4 Å². The van der Waals surface area contributed by atoms with Crippen molar-refractivity contribution >= 4 is 46.1 Å². The fourth-order valence-electron chi connectivity index (χ4n) is 4.55. The summed E-state index contributed by atoms with van der Waals surface area (Å²) in [5.41, 5.74) is 2.84. The first-order valence-electron chi connectivity index (χ1n) is 12.7. The zero-order valence-electron chi connectivity index (χ0n) is 22.4. The number of pyridine rings is 1. The first-order valence-corrected chi connectivity index (χ1v) is 13.9. The van der Waals surface area contributed by atoms with E-state index < -0.39 is 0 Å². The Morgan fingerprint density at radius 2 is 1.85 bits per heavy atom. The Hall–Kier alpha value is -3.87. The maximum atomic E-state index is 13.6. The van der Waals surface area contributed by atoms with Crippen LogP contribution >= 0.6 is 24.0 Å². The highest BCUT2D eigenvalue weighted by Crippen LogP contribution is 2.39. The molecule has 9 heteroatoms. The lowest BCUT2D eigenvalue weighted by Crippen LogP contribution is -2.31. The number of anilines is 1. The summed E-state index contributed by atoms with van der Waals surface area (Å²) in [7, 11) is 1.62. The van der Waals surface area contributed by atoms with Crippen LogP contribution in [0.3, 0.4) is 0 Å². The van der Waals surface area contributed by atoms with Crippen LogP contribution in [0.5, 0.6) is 5.75 Å². The fourth-order valence-corrected chi connectivity index (χ4v) is 5.95. The van der Waals surface area contributed by atoms with Crippen molar-refractivity contribution in [2.45, 2.75) is 46.3 Å².